The molecule has 134 valence electrons. The Balaban J connectivity index is 1.81. The van der Waals surface area contributed by atoms with E-state index < -0.39 is 12.1 Å². The third kappa shape index (κ3) is 5.55. The molecule has 5 nitrogen and oxygen atoms in total. The number of aliphatic hydroxyl groups is 1. The molecule has 0 aromatic heterocycles. The molecule has 0 saturated heterocycles. The molecule has 0 bridgehead atoms. The van der Waals surface area contributed by atoms with Crippen LogP contribution in [0.4, 0.5) is 9.18 Å². The number of rotatable bonds is 7. The van der Waals surface area contributed by atoms with Gasteiger partial charge in [-0.15, -0.1) is 0 Å². The molecule has 0 radical (unpaired) electrons. The zero-order valence-electron chi connectivity index (χ0n) is 14.3. The fourth-order valence-electron chi connectivity index (χ4n) is 2.52. The molecule has 0 heterocycles. The molecule has 25 heavy (non-hydrogen) atoms. The molecule has 0 saturated carbocycles. The van der Waals surface area contributed by atoms with Crippen molar-refractivity contribution in [1.29, 1.82) is 0 Å². The van der Waals surface area contributed by atoms with Crippen LogP contribution in [0.1, 0.15) is 28.9 Å². The molecule has 2 rings (SSSR count). The van der Waals surface area contributed by atoms with Gasteiger partial charge in [-0.3, -0.25) is 0 Å². The average Bonchev–Trinajstić information content (AvgIpc) is 2.62. The molecule has 2 aromatic rings. The van der Waals surface area contributed by atoms with Crippen LogP contribution in [0.25, 0.3) is 0 Å². The molecule has 0 fully saturated rings. The highest BCUT2D eigenvalue weighted by molar-refractivity contribution is 5.73. The number of aryl methyl sites for hydroxylation is 1. The number of hydrogen-bond donors (Lipinski definition) is 3. The molecular weight excluding hydrogens is 323 g/mol. The Hall–Kier alpha value is -2.44. The second-order valence-electron chi connectivity index (χ2n) is 5.74. The molecule has 0 aliphatic heterocycles. The zero-order valence-corrected chi connectivity index (χ0v) is 14.3. The monoisotopic (exact) mass is 346 g/mol. The number of urea groups is 1. The Labute approximate surface area is 146 Å². The number of amides is 2. The quantitative estimate of drug-likeness (QED) is 0.722. The van der Waals surface area contributed by atoms with Gasteiger partial charge in [-0.1, -0.05) is 36.4 Å². The van der Waals surface area contributed by atoms with Gasteiger partial charge < -0.3 is 20.5 Å². The second kappa shape index (κ2) is 9.15. The van der Waals surface area contributed by atoms with E-state index in [0.29, 0.717) is 0 Å². The van der Waals surface area contributed by atoms with Gasteiger partial charge in [0.05, 0.1) is 12.2 Å². The van der Waals surface area contributed by atoms with Crippen molar-refractivity contribution in [2.45, 2.75) is 19.1 Å². The maximum Gasteiger partial charge on any atom is 0.314 e. The lowest BCUT2D eigenvalue weighted by atomic mass is 10.0. The van der Waals surface area contributed by atoms with Gasteiger partial charge in [-0.25, -0.2) is 9.18 Å². The Kier molecular flexibility index (Phi) is 6.91. The van der Waals surface area contributed by atoms with Crippen LogP contribution in [0.5, 0.6) is 0 Å². The van der Waals surface area contributed by atoms with Gasteiger partial charge in [0.1, 0.15) is 5.82 Å². The maximum absolute atomic E-state index is 13.0. The van der Waals surface area contributed by atoms with E-state index in [4.69, 9.17) is 4.74 Å². The molecule has 2 atom stereocenters. The number of ether oxygens (including phenoxy) is 1. The number of methoxy groups -OCH3 is 1. The van der Waals surface area contributed by atoms with Crippen LogP contribution in [0.3, 0.4) is 0 Å². The zero-order chi connectivity index (χ0) is 18.2. The summed E-state index contributed by atoms with van der Waals surface area (Å²) in [5, 5.41) is 15.5. The summed E-state index contributed by atoms with van der Waals surface area (Å²) in [7, 11) is 1.52. The van der Waals surface area contributed by atoms with Gasteiger partial charge in [0.25, 0.3) is 0 Å². The molecule has 0 aliphatic rings. The predicted molar refractivity (Wildman–Crippen MR) is 93.7 cm³/mol. The first-order valence-corrected chi connectivity index (χ1v) is 8.04. The Morgan fingerprint density at radius 2 is 1.76 bits per heavy atom. The second-order valence-corrected chi connectivity index (χ2v) is 5.74. The SMILES string of the molecule is COC(CNC(=O)NCC(O)c1ccccc1C)c1ccc(F)cc1. The third-order valence-corrected chi connectivity index (χ3v) is 3.98. The number of aliphatic hydroxyl groups excluding tert-OH is 1. The van der Waals surface area contributed by atoms with Crippen LogP contribution in [0.15, 0.2) is 48.5 Å². The molecule has 2 amide bonds. The van der Waals surface area contributed by atoms with Crippen molar-refractivity contribution in [3.63, 3.8) is 0 Å². The normalized spacial score (nSPS) is 13.1. The number of hydrogen-bond acceptors (Lipinski definition) is 3. The summed E-state index contributed by atoms with van der Waals surface area (Å²) in [5.41, 5.74) is 2.51. The Morgan fingerprint density at radius 1 is 1.12 bits per heavy atom. The van der Waals surface area contributed by atoms with Crippen molar-refractivity contribution in [2.24, 2.45) is 0 Å². The highest BCUT2D eigenvalue weighted by Gasteiger charge is 2.14. The largest absolute Gasteiger partial charge is 0.387 e. The first-order valence-electron chi connectivity index (χ1n) is 8.04. The topological polar surface area (TPSA) is 70.6 Å². The van der Waals surface area contributed by atoms with Crippen molar-refractivity contribution >= 4 is 6.03 Å². The third-order valence-electron chi connectivity index (χ3n) is 3.98. The molecule has 0 spiro atoms. The number of nitrogens with one attached hydrogen (secondary N) is 2. The van der Waals surface area contributed by atoms with Crippen LogP contribution >= 0.6 is 0 Å². The first kappa shape index (κ1) is 18.9. The molecule has 2 aromatic carbocycles. The van der Waals surface area contributed by atoms with E-state index >= 15 is 0 Å². The summed E-state index contributed by atoms with van der Waals surface area (Å²) < 4.78 is 18.3. The van der Waals surface area contributed by atoms with E-state index in [2.05, 4.69) is 10.6 Å². The minimum Gasteiger partial charge on any atom is -0.387 e. The van der Waals surface area contributed by atoms with Crippen LogP contribution in [-0.4, -0.2) is 31.3 Å². The van der Waals surface area contributed by atoms with Gasteiger partial charge in [-0.05, 0) is 35.7 Å². The van der Waals surface area contributed by atoms with Crippen LogP contribution < -0.4 is 10.6 Å². The van der Waals surface area contributed by atoms with E-state index in [1.807, 2.05) is 31.2 Å². The lowest BCUT2D eigenvalue weighted by Crippen LogP contribution is -2.40. The van der Waals surface area contributed by atoms with Crippen LogP contribution in [-0.2, 0) is 4.74 Å². The van der Waals surface area contributed by atoms with Crippen molar-refractivity contribution < 1.29 is 19.0 Å². The fourth-order valence-corrected chi connectivity index (χ4v) is 2.52. The molecule has 6 heteroatoms. The molecule has 3 N–H and O–H groups in total. The predicted octanol–water partition coefficient (Wildman–Crippen LogP) is 2.85. The Morgan fingerprint density at radius 3 is 2.40 bits per heavy atom. The van der Waals surface area contributed by atoms with Gasteiger partial charge in [0.2, 0.25) is 0 Å². The minimum atomic E-state index is -0.776. The minimum absolute atomic E-state index is 0.102. The number of halogens is 1. The number of benzene rings is 2. The number of carbonyl (C=O) groups is 1. The number of carbonyl (C=O) groups excluding carboxylic acids is 1. The summed E-state index contributed by atoms with van der Waals surface area (Å²) in [5.74, 6) is -0.325. The fraction of sp³-hybridized carbons (Fsp3) is 0.316. The van der Waals surface area contributed by atoms with E-state index in [1.165, 1.54) is 19.2 Å². The van der Waals surface area contributed by atoms with Crippen LogP contribution in [0, 0.1) is 12.7 Å². The summed E-state index contributed by atoms with van der Waals surface area (Å²) in [6, 6.07) is 13.0. The summed E-state index contributed by atoms with van der Waals surface area (Å²) in [4.78, 5) is 11.9. The van der Waals surface area contributed by atoms with E-state index in [9.17, 15) is 14.3 Å². The average molecular weight is 346 g/mol. The molecular formula is C19H23FN2O3. The highest BCUT2D eigenvalue weighted by atomic mass is 19.1. The van der Waals surface area contributed by atoms with Crippen molar-refractivity contribution in [3.05, 3.63) is 71.0 Å². The lowest BCUT2D eigenvalue weighted by Gasteiger charge is -2.18. The summed E-state index contributed by atoms with van der Waals surface area (Å²) in [6.45, 7) is 2.24. The standard InChI is InChI=1S/C19H23FN2O3/c1-13-5-3-4-6-16(13)17(23)11-21-19(24)22-12-18(25-2)14-7-9-15(20)10-8-14/h3-10,17-18,23H,11-12H2,1-2H3,(H2,21,22,24). The smallest absolute Gasteiger partial charge is 0.314 e. The molecule has 0 aliphatic carbocycles. The highest BCUT2D eigenvalue weighted by Crippen LogP contribution is 2.17. The lowest BCUT2D eigenvalue weighted by molar-refractivity contribution is 0.103. The van der Waals surface area contributed by atoms with E-state index in [1.54, 1.807) is 12.1 Å². The molecule has 2 unspecified atom stereocenters. The maximum atomic E-state index is 13.0. The summed E-state index contributed by atoms with van der Waals surface area (Å²) in [6.07, 6.45) is -1.16. The van der Waals surface area contributed by atoms with Gasteiger partial charge in [-0.2, -0.15) is 0 Å². The van der Waals surface area contributed by atoms with Crippen LogP contribution in [0.2, 0.25) is 0 Å². The van der Waals surface area contributed by atoms with Gasteiger partial charge in [0.15, 0.2) is 0 Å². The van der Waals surface area contributed by atoms with E-state index in [0.717, 1.165) is 16.7 Å². The van der Waals surface area contributed by atoms with Gasteiger partial charge >= 0.3 is 6.03 Å². The van der Waals surface area contributed by atoms with E-state index in [-0.39, 0.29) is 25.0 Å². The van der Waals surface area contributed by atoms with Crippen molar-refractivity contribution in [3.8, 4) is 0 Å². The van der Waals surface area contributed by atoms with Gasteiger partial charge in [0, 0.05) is 20.2 Å². The van der Waals surface area contributed by atoms with Crippen molar-refractivity contribution in [2.75, 3.05) is 20.2 Å². The summed E-state index contributed by atoms with van der Waals surface area (Å²) >= 11 is 0. The first-order chi connectivity index (χ1) is 12.0. The Bertz CT molecular complexity index is 691. The van der Waals surface area contributed by atoms with Crippen molar-refractivity contribution in [1.82, 2.24) is 10.6 Å².